The average molecular weight is 549 g/mol. The number of phenolic OH excluding ortho intramolecular Hbond substituents is 1. The Morgan fingerprint density at radius 3 is 2.13 bits per heavy atom. The number of H-pyrrole nitrogens is 1. The van der Waals surface area contributed by atoms with Gasteiger partial charge in [-0.2, -0.15) is 0 Å². The predicted molar refractivity (Wildman–Crippen MR) is 134 cm³/mol. The first-order valence-electron chi connectivity index (χ1n) is 11.9. The maximum absolute atomic E-state index is 13.2. The Morgan fingerprint density at radius 1 is 0.949 bits per heavy atom. The number of aromatic hydroxyl groups is 1. The van der Waals surface area contributed by atoms with E-state index in [1.807, 2.05) is 0 Å². The van der Waals surface area contributed by atoms with E-state index in [0.29, 0.717) is 11.3 Å². The molecule has 5 atom stereocenters. The molecule has 10 N–H and O–H groups in total. The first-order valence-corrected chi connectivity index (χ1v) is 11.9. The van der Waals surface area contributed by atoms with Crippen molar-refractivity contribution in [2.45, 2.75) is 62.9 Å². The lowest BCUT2D eigenvalue weighted by atomic mass is 10.0. The van der Waals surface area contributed by atoms with Crippen LogP contribution in [0.2, 0.25) is 0 Å². The number of nitrogens with two attached hydrogens (primary N) is 1. The van der Waals surface area contributed by atoms with Gasteiger partial charge in [0.2, 0.25) is 17.7 Å². The van der Waals surface area contributed by atoms with Crippen LogP contribution in [0.1, 0.15) is 31.0 Å². The molecule has 0 spiro atoms. The van der Waals surface area contributed by atoms with Gasteiger partial charge in [-0.15, -0.1) is 0 Å². The fourth-order valence-electron chi connectivity index (χ4n) is 3.53. The zero-order chi connectivity index (χ0) is 29.1. The topological polar surface area (TPSA) is 257 Å². The van der Waals surface area contributed by atoms with Crippen molar-refractivity contribution in [3.63, 3.8) is 0 Å². The highest BCUT2D eigenvalue weighted by atomic mass is 16.4. The number of nitrogens with zero attached hydrogens (tertiary/aromatic N) is 1. The third-order valence-electron chi connectivity index (χ3n) is 5.66. The Kier molecular flexibility index (Phi) is 11.4. The molecule has 3 amide bonds. The summed E-state index contributed by atoms with van der Waals surface area (Å²) in [4.78, 5) is 67.6. The van der Waals surface area contributed by atoms with E-state index in [9.17, 15) is 39.3 Å². The van der Waals surface area contributed by atoms with Crippen LogP contribution in [0.4, 0.5) is 0 Å². The molecular formula is C24H32N6O9. The summed E-state index contributed by atoms with van der Waals surface area (Å²) in [6.07, 6.45) is 0.340. The van der Waals surface area contributed by atoms with Crippen molar-refractivity contribution in [2.24, 2.45) is 5.73 Å². The number of carbonyl (C=O) groups excluding carboxylic acids is 3. The molecule has 2 aromatic rings. The molecule has 212 valence electrons. The number of benzene rings is 1. The van der Waals surface area contributed by atoms with Gasteiger partial charge in [0.25, 0.3) is 0 Å². The molecule has 39 heavy (non-hydrogen) atoms. The van der Waals surface area contributed by atoms with Gasteiger partial charge in [-0.25, -0.2) is 9.78 Å². The lowest BCUT2D eigenvalue weighted by molar-refractivity contribution is -0.144. The molecule has 1 aromatic carbocycles. The molecule has 0 aliphatic rings. The summed E-state index contributed by atoms with van der Waals surface area (Å²) in [7, 11) is 0. The zero-order valence-electron chi connectivity index (χ0n) is 21.0. The third-order valence-corrected chi connectivity index (χ3v) is 5.66. The number of hydrogen-bond acceptors (Lipinski definition) is 9. The molecule has 1 heterocycles. The minimum absolute atomic E-state index is 0.0429. The summed E-state index contributed by atoms with van der Waals surface area (Å²) in [6, 6.07) is 0.487. The lowest BCUT2D eigenvalue weighted by Gasteiger charge is -2.26. The summed E-state index contributed by atoms with van der Waals surface area (Å²) in [5.41, 5.74) is 7.13. The minimum atomic E-state index is -1.63. The first-order chi connectivity index (χ1) is 18.4. The van der Waals surface area contributed by atoms with E-state index >= 15 is 0 Å². The number of carboxylic acids is 2. The second-order valence-corrected chi connectivity index (χ2v) is 8.88. The number of aliphatic carboxylic acids is 2. The largest absolute Gasteiger partial charge is 0.508 e. The van der Waals surface area contributed by atoms with Crippen molar-refractivity contribution < 1.29 is 44.4 Å². The van der Waals surface area contributed by atoms with Gasteiger partial charge >= 0.3 is 11.9 Å². The molecule has 2 rings (SSSR count). The minimum Gasteiger partial charge on any atom is -0.508 e. The average Bonchev–Trinajstić information content (AvgIpc) is 3.38. The van der Waals surface area contributed by atoms with Gasteiger partial charge in [-0.3, -0.25) is 19.2 Å². The first kappa shape index (κ1) is 30.7. The number of aromatic nitrogens is 2. The summed E-state index contributed by atoms with van der Waals surface area (Å²) < 4.78 is 0. The number of phenols is 1. The van der Waals surface area contributed by atoms with E-state index in [0.717, 1.165) is 0 Å². The van der Waals surface area contributed by atoms with Crippen molar-refractivity contribution >= 4 is 29.7 Å². The van der Waals surface area contributed by atoms with Crippen LogP contribution in [0.15, 0.2) is 36.8 Å². The number of hydrogen-bond donors (Lipinski definition) is 9. The second-order valence-electron chi connectivity index (χ2n) is 8.88. The van der Waals surface area contributed by atoms with Gasteiger partial charge < -0.3 is 47.1 Å². The van der Waals surface area contributed by atoms with Crippen molar-refractivity contribution in [3.8, 4) is 5.75 Å². The van der Waals surface area contributed by atoms with Gasteiger partial charge in [0, 0.05) is 24.7 Å². The van der Waals surface area contributed by atoms with Crippen LogP contribution >= 0.6 is 0 Å². The molecule has 5 unspecified atom stereocenters. The number of nitrogens with one attached hydrogen (secondary N) is 4. The number of aromatic amines is 1. The number of imidazole rings is 1. The van der Waals surface area contributed by atoms with Crippen LogP contribution in [0, 0.1) is 0 Å². The van der Waals surface area contributed by atoms with Crippen molar-refractivity contribution in [2.75, 3.05) is 0 Å². The second kappa shape index (κ2) is 14.4. The number of carbonyl (C=O) groups is 5. The molecule has 15 heteroatoms. The molecule has 0 radical (unpaired) electrons. The van der Waals surface area contributed by atoms with Crippen LogP contribution < -0.4 is 21.7 Å². The SMILES string of the molecule is CC(O)C(NC(=O)C(Cc1cnc[nH]1)NC(=O)C(N)Cc1ccc(O)cc1)C(=O)NC(CCC(=O)O)C(=O)O. The normalized spacial score (nSPS) is 14.7. The molecule has 0 saturated heterocycles. The Balaban J connectivity index is 2.14. The number of rotatable bonds is 15. The standard InChI is InChI=1S/C24H32N6O9/c1-12(31)20(23(37)28-17(24(38)39)6-7-19(33)34)30-22(36)18(9-14-10-26-11-27-14)29-21(35)16(25)8-13-2-4-15(32)5-3-13/h2-5,10-12,16-18,20,31-32H,6-9,25H2,1H3,(H,26,27)(H,28,37)(H,29,35)(H,30,36)(H,33,34)(H,38,39). The molecule has 0 aliphatic carbocycles. The van der Waals surface area contributed by atoms with Gasteiger partial charge in [0.1, 0.15) is 23.9 Å². The molecular weight excluding hydrogens is 516 g/mol. The maximum atomic E-state index is 13.2. The number of carboxylic acid groups (broad SMARTS) is 2. The van der Waals surface area contributed by atoms with E-state index in [-0.39, 0.29) is 18.6 Å². The van der Waals surface area contributed by atoms with Gasteiger partial charge in [-0.1, -0.05) is 12.1 Å². The summed E-state index contributed by atoms with van der Waals surface area (Å²) >= 11 is 0. The number of aliphatic hydroxyl groups excluding tert-OH is 1. The fourth-order valence-corrected chi connectivity index (χ4v) is 3.53. The van der Waals surface area contributed by atoms with Crippen LogP contribution in [-0.2, 0) is 36.8 Å². The maximum Gasteiger partial charge on any atom is 0.326 e. The van der Waals surface area contributed by atoms with Crippen molar-refractivity contribution in [1.82, 2.24) is 25.9 Å². The van der Waals surface area contributed by atoms with Crippen molar-refractivity contribution in [3.05, 3.63) is 48.0 Å². The van der Waals surface area contributed by atoms with E-state index in [1.54, 1.807) is 12.1 Å². The quantitative estimate of drug-likeness (QED) is 0.118. The van der Waals surface area contributed by atoms with Crippen LogP contribution in [-0.4, -0.2) is 90.3 Å². The molecule has 0 aliphatic heterocycles. The van der Waals surface area contributed by atoms with Gasteiger partial charge in [0.05, 0.1) is 18.5 Å². The van der Waals surface area contributed by atoms with E-state index in [4.69, 9.17) is 10.8 Å². The van der Waals surface area contributed by atoms with E-state index < -0.39 is 72.8 Å². The van der Waals surface area contributed by atoms with Crippen LogP contribution in [0.3, 0.4) is 0 Å². The smallest absolute Gasteiger partial charge is 0.326 e. The fraction of sp³-hybridized carbons (Fsp3) is 0.417. The Morgan fingerprint density at radius 2 is 1.59 bits per heavy atom. The van der Waals surface area contributed by atoms with E-state index in [2.05, 4.69) is 25.9 Å². The molecule has 15 nitrogen and oxygen atoms in total. The molecule has 0 bridgehead atoms. The zero-order valence-corrected chi connectivity index (χ0v) is 21.0. The summed E-state index contributed by atoms with van der Waals surface area (Å²) in [5, 5.41) is 44.6. The monoisotopic (exact) mass is 548 g/mol. The number of amides is 3. The summed E-state index contributed by atoms with van der Waals surface area (Å²) in [5.74, 6) is -5.36. The summed E-state index contributed by atoms with van der Waals surface area (Å²) in [6.45, 7) is 1.19. The Hall–Kier alpha value is -4.50. The van der Waals surface area contributed by atoms with E-state index in [1.165, 1.54) is 31.6 Å². The van der Waals surface area contributed by atoms with Crippen LogP contribution in [0.25, 0.3) is 0 Å². The molecule has 1 aromatic heterocycles. The Bertz CT molecular complexity index is 1140. The molecule has 0 saturated carbocycles. The van der Waals surface area contributed by atoms with Crippen LogP contribution in [0.5, 0.6) is 5.75 Å². The predicted octanol–water partition coefficient (Wildman–Crippen LogP) is -1.99. The highest BCUT2D eigenvalue weighted by Crippen LogP contribution is 2.11. The number of aliphatic hydroxyl groups is 1. The molecule has 0 fully saturated rings. The Labute approximate surface area is 222 Å². The third kappa shape index (κ3) is 10.1. The highest BCUT2D eigenvalue weighted by Gasteiger charge is 2.33. The van der Waals surface area contributed by atoms with Gasteiger partial charge in [-0.05, 0) is 37.5 Å². The van der Waals surface area contributed by atoms with Crippen molar-refractivity contribution in [1.29, 1.82) is 0 Å². The lowest BCUT2D eigenvalue weighted by Crippen LogP contribution is -2.60. The highest BCUT2D eigenvalue weighted by molar-refractivity contribution is 5.94. The van der Waals surface area contributed by atoms with Gasteiger partial charge in [0.15, 0.2) is 0 Å².